The second-order valence-electron chi connectivity index (χ2n) is 5.35. The third-order valence-corrected chi connectivity index (χ3v) is 3.64. The minimum Gasteiger partial charge on any atom is -0.506 e. The first-order chi connectivity index (χ1) is 11.4. The summed E-state index contributed by atoms with van der Waals surface area (Å²) >= 11 is 0. The summed E-state index contributed by atoms with van der Waals surface area (Å²) in [5.74, 6) is -3.32. The average Bonchev–Trinajstić information content (AvgIpc) is 2.51. The predicted molar refractivity (Wildman–Crippen MR) is 80.4 cm³/mol. The lowest BCUT2D eigenvalue weighted by Crippen LogP contribution is -2.41. The molecule has 0 unspecified atom stereocenters. The van der Waals surface area contributed by atoms with Gasteiger partial charge < -0.3 is 20.1 Å². The fraction of sp³-hybridized carbons (Fsp3) is 0.267. The largest absolute Gasteiger partial charge is 0.506 e. The Morgan fingerprint density at radius 1 is 1.28 bits per heavy atom. The summed E-state index contributed by atoms with van der Waals surface area (Å²) < 4.78 is 39.2. The molecule has 0 saturated heterocycles. The third kappa shape index (κ3) is 3.28. The Kier molecular flexibility index (Phi) is 4.47. The van der Waals surface area contributed by atoms with E-state index in [2.05, 4.69) is 0 Å². The molecule has 0 radical (unpaired) electrons. The molecule has 0 aliphatic carbocycles. The van der Waals surface area contributed by atoms with Gasteiger partial charge in [0.25, 0.3) is 11.5 Å². The maximum absolute atomic E-state index is 12.8. The number of aliphatic carboxylic acids is 1. The highest BCUT2D eigenvalue weighted by Crippen LogP contribution is 2.33. The summed E-state index contributed by atoms with van der Waals surface area (Å²) in [7, 11) is 1.14. The number of aromatic nitrogens is 1. The number of pyridine rings is 1. The molecule has 1 aromatic heterocycles. The third-order valence-electron chi connectivity index (χ3n) is 3.64. The van der Waals surface area contributed by atoms with Gasteiger partial charge in [0.15, 0.2) is 0 Å². The van der Waals surface area contributed by atoms with Crippen molar-refractivity contribution >= 4 is 22.8 Å². The molecule has 0 saturated carbocycles. The van der Waals surface area contributed by atoms with Crippen molar-refractivity contribution in [2.45, 2.75) is 19.1 Å². The molecular formula is C15H13F3N2O5. The molecule has 1 aromatic carbocycles. The minimum atomic E-state index is -4.65. The molecule has 0 aliphatic heterocycles. The first-order valence-electron chi connectivity index (χ1n) is 6.91. The van der Waals surface area contributed by atoms with Crippen LogP contribution in [0.1, 0.15) is 22.8 Å². The van der Waals surface area contributed by atoms with E-state index in [9.17, 15) is 32.7 Å². The number of carbonyl (C=O) groups excluding carboxylic acids is 1. The molecule has 1 amide bonds. The van der Waals surface area contributed by atoms with Gasteiger partial charge in [-0.1, -0.05) is 0 Å². The molecule has 2 aromatic rings. The van der Waals surface area contributed by atoms with Crippen molar-refractivity contribution in [3.8, 4) is 5.75 Å². The van der Waals surface area contributed by atoms with Crippen LogP contribution >= 0.6 is 0 Å². The zero-order valence-electron chi connectivity index (χ0n) is 13.0. The molecule has 3 N–H and O–H groups in total. The smallest absolute Gasteiger partial charge is 0.416 e. The molecule has 0 aliphatic rings. The summed E-state index contributed by atoms with van der Waals surface area (Å²) in [6, 6.07) is 0.982. The van der Waals surface area contributed by atoms with Gasteiger partial charge in [0, 0.05) is 12.4 Å². The van der Waals surface area contributed by atoms with Crippen LogP contribution < -0.4 is 10.9 Å². The summed E-state index contributed by atoms with van der Waals surface area (Å²) in [4.78, 5) is 35.1. The summed E-state index contributed by atoms with van der Waals surface area (Å²) in [6.45, 7) is 1.15. The van der Waals surface area contributed by atoms with E-state index < -0.39 is 46.5 Å². The lowest BCUT2D eigenvalue weighted by Gasteiger charge is -2.15. The second-order valence-corrected chi connectivity index (χ2v) is 5.35. The fourth-order valence-electron chi connectivity index (χ4n) is 2.23. The van der Waals surface area contributed by atoms with Crippen LogP contribution in [0.15, 0.2) is 23.0 Å². The van der Waals surface area contributed by atoms with E-state index >= 15 is 0 Å². The quantitative estimate of drug-likeness (QED) is 0.770. The topological polar surface area (TPSA) is 109 Å². The summed E-state index contributed by atoms with van der Waals surface area (Å²) in [5.41, 5.74) is -3.05. The van der Waals surface area contributed by atoms with Crippen LogP contribution in [0.25, 0.3) is 10.9 Å². The Labute approximate surface area is 138 Å². The monoisotopic (exact) mass is 358 g/mol. The standard InChI is InChI=1S/C15H13F3N2O5/c1-6(14(24)25)19-12(22)10-11(21)8-4-3-7(15(16,17)18)5-9(8)20(2)13(10)23/h3-6,21H,1-2H3,(H,19,22)(H,24,25)/t6-/m1/s1. The number of alkyl halides is 3. The average molecular weight is 358 g/mol. The van der Waals surface area contributed by atoms with E-state index in [-0.39, 0.29) is 10.9 Å². The highest BCUT2D eigenvalue weighted by atomic mass is 19.4. The number of carboxylic acid groups (broad SMARTS) is 1. The van der Waals surface area contributed by atoms with E-state index in [1.54, 1.807) is 0 Å². The van der Waals surface area contributed by atoms with Gasteiger partial charge in [-0.2, -0.15) is 13.2 Å². The molecular weight excluding hydrogens is 345 g/mol. The van der Waals surface area contributed by atoms with Crippen molar-refractivity contribution in [2.75, 3.05) is 0 Å². The van der Waals surface area contributed by atoms with E-state index in [1.807, 2.05) is 5.32 Å². The number of rotatable bonds is 3. The number of nitrogens with one attached hydrogen (secondary N) is 1. The molecule has 25 heavy (non-hydrogen) atoms. The number of carbonyl (C=O) groups is 2. The van der Waals surface area contributed by atoms with Gasteiger partial charge in [0.05, 0.1) is 11.1 Å². The number of nitrogens with zero attached hydrogens (tertiary/aromatic N) is 1. The number of halogens is 3. The Hall–Kier alpha value is -3.04. The number of benzene rings is 1. The highest BCUT2D eigenvalue weighted by molar-refractivity contribution is 6.03. The molecule has 10 heteroatoms. The molecule has 0 fully saturated rings. The zero-order chi connectivity index (χ0) is 19.1. The molecule has 0 bridgehead atoms. The molecule has 2 rings (SSSR count). The number of aryl methyl sites for hydroxylation is 1. The van der Waals surface area contributed by atoms with Crippen LogP contribution in [0.4, 0.5) is 13.2 Å². The van der Waals surface area contributed by atoms with Crippen LogP contribution in [0.2, 0.25) is 0 Å². The second kappa shape index (κ2) is 6.11. The maximum atomic E-state index is 12.8. The SMILES string of the molecule is C[C@@H](NC(=O)c1c(O)c2ccc(C(F)(F)F)cc2n(C)c1=O)C(=O)O. The van der Waals surface area contributed by atoms with Crippen molar-refractivity contribution in [3.05, 3.63) is 39.7 Å². The predicted octanol–water partition coefficient (Wildman–Crippen LogP) is 1.47. The summed E-state index contributed by atoms with van der Waals surface area (Å²) in [6.07, 6.45) is -4.65. The fourth-order valence-corrected chi connectivity index (χ4v) is 2.23. The van der Waals surface area contributed by atoms with Crippen molar-refractivity contribution in [3.63, 3.8) is 0 Å². The van der Waals surface area contributed by atoms with E-state index in [1.165, 1.54) is 0 Å². The van der Waals surface area contributed by atoms with Crippen LogP contribution in [-0.4, -0.2) is 32.7 Å². The summed E-state index contributed by atoms with van der Waals surface area (Å²) in [5, 5.41) is 20.8. The minimum absolute atomic E-state index is 0.150. The van der Waals surface area contributed by atoms with Crippen molar-refractivity contribution in [1.82, 2.24) is 9.88 Å². The Balaban J connectivity index is 2.67. The van der Waals surface area contributed by atoms with Crippen LogP contribution in [0.3, 0.4) is 0 Å². The molecule has 1 heterocycles. The number of hydrogen-bond acceptors (Lipinski definition) is 4. The lowest BCUT2D eigenvalue weighted by molar-refractivity contribution is -0.139. The lowest BCUT2D eigenvalue weighted by atomic mass is 10.1. The molecule has 1 atom stereocenters. The Morgan fingerprint density at radius 3 is 2.40 bits per heavy atom. The normalized spacial score (nSPS) is 12.8. The van der Waals surface area contributed by atoms with Gasteiger partial charge in [0.2, 0.25) is 0 Å². The van der Waals surface area contributed by atoms with Crippen molar-refractivity contribution in [2.24, 2.45) is 7.05 Å². The van der Waals surface area contributed by atoms with Gasteiger partial charge in [0.1, 0.15) is 17.4 Å². The maximum Gasteiger partial charge on any atom is 0.416 e. The zero-order valence-corrected chi connectivity index (χ0v) is 13.0. The Bertz CT molecular complexity index is 933. The van der Waals surface area contributed by atoms with Crippen molar-refractivity contribution < 1.29 is 33.0 Å². The Morgan fingerprint density at radius 2 is 1.88 bits per heavy atom. The molecule has 134 valence electrons. The van der Waals surface area contributed by atoms with Crippen LogP contribution in [0.5, 0.6) is 5.75 Å². The first kappa shape index (κ1) is 18.3. The molecule has 0 spiro atoms. The first-order valence-corrected chi connectivity index (χ1v) is 6.91. The number of aromatic hydroxyl groups is 1. The van der Waals surface area contributed by atoms with E-state index in [4.69, 9.17) is 5.11 Å². The van der Waals surface area contributed by atoms with Gasteiger partial charge in [-0.15, -0.1) is 0 Å². The number of amides is 1. The van der Waals surface area contributed by atoms with Crippen molar-refractivity contribution in [1.29, 1.82) is 0 Å². The number of carboxylic acids is 1. The van der Waals surface area contributed by atoms with Gasteiger partial charge in [-0.25, -0.2) is 0 Å². The van der Waals surface area contributed by atoms with Crippen LogP contribution in [-0.2, 0) is 18.0 Å². The van der Waals surface area contributed by atoms with Crippen LogP contribution in [0, 0.1) is 0 Å². The number of fused-ring (bicyclic) bond motifs is 1. The van der Waals surface area contributed by atoms with Gasteiger partial charge >= 0.3 is 12.1 Å². The van der Waals surface area contributed by atoms with E-state index in [0.717, 1.165) is 24.6 Å². The van der Waals surface area contributed by atoms with E-state index in [0.29, 0.717) is 12.1 Å². The van der Waals surface area contributed by atoms with Gasteiger partial charge in [-0.3, -0.25) is 14.4 Å². The highest BCUT2D eigenvalue weighted by Gasteiger charge is 2.32. The molecule has 7 nitrogen and oxygen atoms in total. The van der Waals surface area contributed by atoms with Gasteiger partial charge in [-0.05, 0) is 25.1 Å². The number of hydrogen-bond donors (Lipinski definition) is 3.